The topological polar surface area (TPSA) is 55.8 Å². The van der Waals surface area contributed by atoms with Crippen molar-refractivity contribution in [1.29, 1.82) is 0 Å². The molecule has 0 bridgehead atoms. The van der Waals surface area contributed by atoms with Gasteiger partial charge in [0, 0.05) is 24.5 Å². The van der Waals surface area contributed by atoms with E-state index in [1.54, 1.807) is 0 Å². The Morgan fingerprint density at radius 1 is 1.21 bits per heavy atom. The van der Waals surface area contributed by atoms with Crippen molar-refractivity contribution in [1.82, 2.24) is 0 Å². The number of hydrogen-bond donors (Lipinski definition) is 1. The van der Waals surface area contributed by atoms with E-state index < -0.39 is 18.2 Å². The Bertz CT molecular complexity index is 467. The largest absolute Gasteiger partial charge is 0.573 e. The monoisotopic (exact) mass is 276 g/mol. The maximum atomic E-state index is 12.1. The number of rotatable bonds is 4. The van der Waals surface area contributed by atoms with Crippen molar-refractivity contribution < 1.29 is 32.5 Å². The summed E-state index contributed by atoms with van der Waals surface area (Å²) in [5, 5.41) is 9.09. The fourth-order valence-corrected chi connectivity index (χ4v) is 1.75. The molecule has 0 saturated heterocycles. The van der Waals surface area contributed by atoms with Gasteiger partial charge in [-0.25, -0.2) is 0 Å². The highest BCUT2D eigenvalue weighted by molar-refractivity contribution is 5.76. The van der Waals surface area contributed by atoms with Gasteiger partial charge in [-0.3, -0.25) is 4.79 Å². The predicted octanol–water partition coefficient (Wildman–Crippen LogP) is 2.30. The van der Waals surface area contributed by atoms with E-state index in [0.29, 0.717) is 19.1 Å². The summed E-state index contributed by atoms with van der Waals surface area (Å²) < 4.78 is 45.4. The van der Waals surface area contributed by atoms with Gasteiger partial charge in [-0.15, -0.1) is 13.2 Å². The molecule has 0 amide bonds. The maximum absolute atomic E-state index is 12.1. The standard InChI is InChI=1S/C12H11F3O4/c13-12(14,15)19-11-2-7(6-16)1-9(5-11)18-10-3-8(17)4-10/h1-2,5-6,8,10,17H,3-4H2. The minimum Gasteiger partial charge on any atom is -0.490 e. The van der Waals surface area contributed by atoms with E-state index in [9.17, 15) is 18.0 Å². The summed E-state index contributed by atoms with van der Waals surface area (Å²) >= 11 is 0. The number of halogens is 3. The van der Waals surface area contributed by atoms with E-state index in [4.69, 9.17) is 9.84 Å². The van der Waals surface area contributed by atoms with Crippen LogP contribution in [0.5, 0.6) is 11.5 Å². The summed E-state index contributed by atoms with van der Waals surface area (Å²) in [6.07, 6.45) is -4.28. The van der Waals surface area contributed by atoms with Crippen molar-refractivity contribution in [2.45, 2.75) is 31.4 Å². The zero-order valence-corrected chi connectivity index (χ0v) is 9.68. The Morgan fingerprint density at radius 3 is 2.37 bits per heavy atom. The number of hydrogen-bond acceptors (Lipinski definition) is 4. The molecule has 0 atom stereocenters. The van der Waals surface area contributed by atoms with Crippen molar-refractivity contribution in [3.63, 3.8) is 0 Å². The number of aldehydes is 1. The van der Waals surface area contributed by atoms with Crippen molar-refractivity contribution >= 4 is 6.29 Å². The molecule has 2 rings (SSSR count). The van der Waals surface area contributed by atoms with Crippen LogP contribution >= 0.6 is 0 Å². The van der Waals surface area contributed by atoms with Crippen LogP contribution in [0.1, 0.15) is 23.2 Å². The average molecular weight is 276 g/mol. The molecule has 4 nitrogen and oxygen atoms in total. The second-order valence-electron chi connectivity index (χ2n) is 4.27. The average Bonchev–Trinajstić information content (AvgIpc) is 2.24. The Morgan fingerprint density at radius 2 is 1.84 bits per heavy atom. The number of aliphatic hydroxyl groups is 1. The third-order valence-corrected chi connectivity index (χ3v) is 2.64. The molecule has 1 aromatic rings. The van der Waals surface area contributed by atoms with Gasteiger partial charge in [0.2, 0.25) is 0 Å². The molecule has 7 heteroatoms. The molecule has 1 aromatic carbocycles. The van der Waals surface area contributed by atoms with Gasteiger partial charge in [-0.2, -0.15) is 0 Å². The first-order valence-corrected chi connectivity index (χ1v) is 5.56. The molecule has 104 valence electrons. The number of alkyl halides is 3. The maximum Gasteiger partial charge on any atom is 0.573 e. The Labute approximate surface area is 106 Å². The first-order chi connectivity index (χ1) is 8.85. The van der Waals surface area contributed by atoms with E-state index in [1.807, 2.05) is 0 Å². The van der Waals surface area contributed by atoms with Crippen molar-refractivity contribution in [3.05, 3.63) is 23.8 Å². The minimum absolute atomic E-state index is 0.0246. The van der Waals surface area contributed by atoms with Crippen LogP contribution in [-0.2, 0) is 0 Å². The van der Waals surface area contributed by atoms with Gasteiger partial charge < -0.3 is 14.6 Å². The molecule has 1 aliphatic carbocycles. The van der Waals surface area contributed by atoms with Gasteiger partial charge >= 0.3 is 6.36 Å². The predicted molar refractivity (Wildman–Crippen MR) is 58.2 cm³/mol. The molecule has 1 aliphatic rings. The fourth-order valence-electron chi connectivity index (χ4n) is 1.75. The van der Waals surface area contributed by atoms with E-state index in [1.165, 1.54) is 6.07 Å². The number of aliphatic hydroxyl groups excluding tert-OH is 1. The SMILES string of the molecule is O=Cc1cc(OC2CC(O)C2)cc(OC(F)(F)F)c1. The third-order valence-electron chi connectivity index (χ3n) is 2.64. The van der Waals surface area contributed by atoms with Crippen LogP contribution in [0, 0.1) is 0 Å². The highest BCUT2D eigenvalue weighted by atomic mass is 19.4. The lowest BCUT2D eigenvalue weighted by molar-refractivity contribution is -0.274. The lowest BCUT2D eigenvalue weighted by Crippen LogP contribution is -2.37. The molecule has 0 unspecified atom stereocenters. The highest BCUT2D eigenvalue weighted by Crippen LogP contribution is 2.31. The first-order valence-electron chi connectivity index (χ1n) is 5.56. The van der Waals surface area contributed by atoms with Gasteiger partial charge in [0.05, 0.1) is 6.10 Å². The summed E-state index contributed by atoms with van der Waals surface area (Å²) in [4.78, 5) is 10.7. The molecular formula is C12H11F3O4. The van der Waals surface area contributed by atoms with E-state index in [-0.39, 0.29) is 17.4 Å². The quantitative estimate of drug-likeness (QED) is 0.857. The fraction of sp³-hybridized carbons (Fsp3) is 0.417. The van der Waals surface area contributed by atoms with Crippen LogP contribution in [0.3, 0.4) is 0 Å². The summed E-state index contributed by atoms with van der Waals surface area (Å²) in [6.45, 7) is 0. The summed E-state index contributed by atoms with van der Waals surface area (Å²) in [5.41, 5.74) is 0.0246. The lowest BCUT2D eigenvalue weighted by Gasteiger charge is -2.31. The Hall–Kier alpha value is -1.76. The third kappa shape index (κ3) is 3.85. The van der Waals surface area contributed by atoms with Crippen molar-refractivity contribution in [2.24, 2.45) is 0 Å². The molecule has 0 spiro atoms. The van der Waals surface area contributed by atoms with Crippen LogP contribution in [-0.4, -0.2) is 30.0 Å². The molecule has 0 heterocycles. The number of carbonyl (C=O) groups excluding carboxylic acids is 1. The van der Waals surface area contributed by atoms with Crippen LogP contribution in [0.25, 0.3) is 0 Å². The molecule has 1 fully saturated rings. The van der Waals surface area contributed by atoms with Crippen molar-refractivity contribution in [2.75, 3.05) is 0 Å². The molecule has 1 N–H and O–H groups in total. The normalized spacial score (nSPS) is 22.5. The highest BCUT2D eigenvalue weighted by Gasteiger charge is 2.32. The number of carbonyl (C=O) groups is 1. The van der Waals surface area contributed by atoms with Crippen molar-refractivity contribution in [3.8, 4) is 11.5 Å². The molecule has 0 radical (unpaired) electrons. The van der Waals surface area contributed by atoms with Gasteiger partial charge in [-0.1, -0.05) is 0 Å². The molecule has 0 aromatic heterocycles. The Balaban J connectivity index is 2.13. The molecular weight excluding hydrogens is 265 g/mol. The Kier molecular flexibility index (Phi) is 3.66. The number of ether oxygens (including phenoxy) is 2. The second kappa shape index (κ2) is 5.08. The molecule has 19 heavy (non-hydrogen) atoms. The zero-order valence-electron chi connectivity index (χ0n) is 9.68. The molecule has 0 aliphatic heterocycles. The van der Waals surface area contributed by atoms with Gasteiger partial charge in [0.1, 0.15) is 23.9 Å². The van der Waals surface area contributed by atoms with Gasteiger partial charge in [-0.05, 0) is 12.1 Å². The van der Waals surface area contributed by atoms with Gasteiger partial charge in [0.25, 0.3) is 0 Å². The zero-order chi connectivity index (χ0) is 14.0. The number of benzene rings is 1. The second-order valence-corrected chi connectivity index (χ2v) is 4.27. The first kappa shape index (κ1) is 13.7. The minimum atomic E-state index is -4.83. The summed E-state index contributed by atoms with van der Waals surface area (Å²) in [7, 11) is 0. The van der Waals surface area contributed by atoms with Crippen LogP contribution in [0.15, 0.2) is 18.2 Å². The van der Waals surface area contributed by atoms with E-state index in [0.717, 1.165) is 12.1 Å². The molecule has 1 saturated carbocycles. The summed E-state index contributed by atoms with van der Waals surface area (Å²) in [5.74, 6) is -0.396. The lowest BCUT2D eigenvalue weighted by atomic mass is 9.92. The van der Waals surface area contributed by atoms with Crippen LogP contribution in [0.2, 0.25) is 0 Å². The van der Waals surface area contributed by atoms with Gasteiger partial charge in [0.15, 0.2) is 0 Å². The van der Waals surface area contributed by atoms with Crippen LogP contribution in [0.4, 0.5) is 13.2 Å². The van der Waals surface area contributed by atoms with E-state index >= 15 is 0 Å². The van der Waals surface area contributed by atoms with E-state index in [2.05, 4.69) is 4.74 Å². The summed E-state index contributed by atoms with van der Waals surface area (Å²) in [6, 6.07) is 3.36. The smallest absolute Gasteiger partial charge is 0.490 e. The van der Waals surface area contributed by atoms with Crippen LogP contribution < -0.4 is 9.47 Å².